The molecule has 100 valence electrons. The normalized spacial score (nSPS) is 10.4. The molecule has 3 aromatic rings. The van der Waals surface area contributed by atoms with Crippen LogP contribution >= 0.6 is 0 Å². The maximum atomic E-state index is 6.11. The van der Waals surface area contributed by atoms with Gasteiger partial charge in [-0.1, -0.05) is 6.07 Å². The quantitative estimate of drug-likeness (QED) is 0.750. The number of nitrogens with zero attached hydrogens (tertiary/aromatic N) is 5. The summed E-state index contributed by atoms with van der Waals surface area (Å²) in [4.78, 5) is 16.6. The number of imidazole rings is 1. The van der Waals surface area contributed by atoms with Crippen molar-refractivity contribution in [1.29, 1.82) is 0 Å². The number of pyridine rings is 1. The van der Waals surface area contributed by atoms with Crippen molar-refractivity contribution in [3.63, 3.8) is 0 Å². The Balaban J connectivity index is 1.99. The molecule has 0 saturated carbocycles. The van der Waals surface area contributed by atoms with Crippen molar-refractivity contribution < 1.29 is 0 Å². The Morgan fingerprint density at radius 2 is 2.05 bits per heavy atom. The van der Waals surface area contributed by atoms with E-state index in [1.54, 1.807) is 29.5 Å². The van der Waals surface area contributed by atoms with Gasteiger partial charge in [0.1, 0.15) is 24.2 Å². The van der Waals surface area contributed by atoms with Crippen molar-refractivity contribution >= 4 is 17.3 Å². The van der Waals surface area contributed by atoms with E-state index < -0.39 is 0 Å². The van der Waals surface area contributed by atoms with E-state index in [-0.39, 0.29) is 0 Å². The molecule has 0 aliphatic rings. The summed E-state index contributed by atoms with van der Waals surface area (Å²) in [7, 11) is 0. The number of nitrogens with two attached hydrogens (primary N) is 1. The first kappa shape index (κ1) is 12.1. The summed E-state index contributed by atoms with van der Waals surface area (Å²) in [5.74, 6) is 1.81. The van der Waals surface area contributed by atoms with Crippen LogP contribution in [0.4, 0.5) is 17.3 Å². The van der Waals surface area contributed by atoms with E-state index in [1.807, 2.05) is 19.1 Å². The second-order valence-corrected chi connectivity index (χ2v) is 4.22. The molecule has 3 aromatic heterocycles. The summed E-state index contributed by atoms with van der Waals surface area (Å²) < 4.78 is 1.73. The lowest BCUT2D eigenvalue weighted by Gasteiger charge is -2.11. The number of nitrogen functional groups attached to an aromatic ring is 1. The Morgan fingerprint density at radius 1 is 1.15 bits per heavy atom. The third-order valence-electron chi connectivity index (χ3n) is 2.86. The highest BCUT2D eigenvalue weighted by atomic mass is 15.2. The molecule has 3 heterocycles. The van der Waals surface area contributed by atoms with Crippen molar-refractivity contribution in [3.05, 3.63) is 48.9 Å². The van der Waals surface area contributed by atoms with Gasteiger partial charge in [-0.3, -0.25) is 4.57 Å². The Bertz CT molecular complexity index is 721. The number of nitrogens with one attached hydrogen (secondary N) is 1. The number of hydrogen-bond donors (Lipinski definition) is 2. The number of rotatable bonds is 3. The molecule has 0 radical (unpaired) electrons. The lowest BCUT2D eigenvalue weighted by Crippen LogP contribution is -2.07. The zero-order valence-electron chi connectivity index (χ0n) is 10.9. The molecule has 0 saturated heterocycles. The third-order valence-corrected chi connectivity index (χ3v) is 2.86. The van der Waals surface area contributed by atoms with E-state index in [0.717, 1.165) is 11.4 Å². The van der Waals surface area contributed by atoms with Crippen LogP contribution in [0.1, 0.15) is 5.56 Å². The third kappa shape index (κ3) is 2.16. The van der Waals surface area contributed by atoms with E-state index in [2.05, 4.69) is 25.3 Å². The first-order valence-corrected chi connectivity index (χ1v) is 6.03. The van der Waals surface area contributed by atoms with Crippen LogP contribution in [0.25, 0.3) is 5.82 Å². The fraction of sp³-hybridized carbons (Fsp3) is 0.0769. The molecule has 0 unspecified atom stereocenters. The van der Waals surface area contributed by atoms with Crippen molar-refractivity contribution in [2.45, 2.75) is 6.92 Å². The molecular weight excluding hydrogens is 254 g/mol. The first-order valence-electron chi connectivity index (χ1n) is 6.03. The largest absolute Gasteiger partial charge is 0.393 e. The van der Waals surface area contributed by atoms with Gasteiger partial charge in [-0.2, -0.15) is 0 Å². The highest BCUT2D eigenvalue weighted by Gasteiger charge is 2.10. The Hall–Kier alpha value is -2.96. The Kier molecular flexibility index (Phi) is 3.00. The SMILES string of the molecule is Cc1cccnc1Nc1ncnc(-n2ccnc2)c1N. The van der Waals surface area contributed by atoms with E-state index in [1.165, 1.54) is 6.33 Å². The summed E-state index contributed by atoms with van der Waals surface area (Å²) >= 11 is 0. The fourth-order valence-corrected chi connectivity index (χ4v) is 1.80. The molecule has 0 spiro atoms. The van der Waals surface area contributed by atoms with Gasteiger partial charge in [0.05, 0.1) is 0 Å². The molecule has 3 rings (SSSR count). The van der Waals surface area contributed by atoms with Crippen LogP contribution in [0.5, 0.6) is 0 Å². The van der Waals surface area contributed by atoms with E-state index >= 15 is 0 Å². The van der Waals surface area contributed by atoms with Gasteiger partial charge in [0.15, 0.2) is 11.6 Å². The smallest absolute Gasteiger partial charge is 0.166 e. The first-order chi connectivity index (χ1) is 9.75. The number of hydrogen-bond acceptors (Lipinski definition) is 6. The molecule has 0 bridgehead atoms. The molecule has 0 aromatic carbocycles. The minimum atomic E-state index is 0.440. The van der Waals surface area contributed by atoms with Crippen LogP contribution in [0.3, 0.4) is 0 Å². The van der Waals surface area contributed by atoms with Crippen LogP contribution in [0, 0.1) is 6.92 Å². The summed E-state index contributed by atoms with van der Waals surface area (Å²) in [5, 5.41) is 3.12. The number of aromatic nitrogens is 5. The molecule has 0 aliphatic carbocycles. The summed E-state index contributed by atoms with van der Waals surface area (Å²) in [6, 6.07) is 3.84. The molecule has 0 aliphatic heterocycles. The zero-order chi connectivity index (χ0) is 13.9. The minimum absolute atomic E-state index is 0.440. The van der Waals surface area contributed by atoms with Gasteiger partial charge in [0.2, 0.25) is 0 Å². The zero-order valence-corrected chi connectivity index (χ0v) is 10.9. The molecule has 0 atom stereocenters. The standard InChI is InChI=1S/C13H13N7/c1-9-3-2-4-16-11(9)19-12-10(14)13(18-7-17-12)20-6-5-15-8-20/h2-8H,14H2,1H3,(H,16,17,18,19). The van der Waals surface area contributed by atoms with Crippen LogP contribution in [-0.2, 0) is 0 Å². The molecule has 7 nitrogen and oxygen atoms in total. The minimum Gasteiger partial charge on any atom is -0.393 e. The molecule has 7 heteroatoms. The highest BCUT2D eigenvalue weighted by Crippen LogP contribution is 2.24. The second kappa shape index (κ2) is 4.96. The van der Waals surface area contributed by atoms with E-state index in [4.69, 9.17) is 5.73 Å². The number of aryl methyl sites for hydroxylation is 1. The lowest BCUT2D eigenvalue weighted by atomic mass is 10.3. The van der Waals surface area contributed by atoms with Crippen LogP contribution in [0.2, 0.25) is 0 Å². The molecule has 20 heavy (non-hydrogen) atoms. The van der Waals surface area contributed by atoms with Gasteiger partial charge < -0.3 is 11.1 Å². The van der Waals surface area contributed by atoms with Gasteiger partial charge >= 0.3 is 0 Å². The van der Waals surface area contributed by atoms with Crippen molar-refractivity contribution in [2.24, 2.45) is 0 Å². The average Bonchev–Trinajstić information content (AvgIpc) is 2.97. The van der Waals surface area contributed by atoms with Crippen LogP contribution in [0.15, 0.2) is 43.4 Å². The summed E-state index contributed by atoms with van der Waals surface area (Å²) in [6.07, 6.45) is 8.23. The van der Waals surface area contributed by atoms with Gasteiger partial charge in [0.25, 0.3) is 0 Å². The molecule has 3 N–H and O–H groups in total. The average molecular weight is 267 g/mol. The van der Waals surface area contributed by atoms with Gasteiger partial charge in [-0.05, 0) is 18.6 Å². The second-order valence-electron chi connectivity index (χ2n) is 4.22. The highest BCUT2D eigenvalue weighted by molar-refractivity contribution is 5.73. The summed E-state index contributed by atoms with van der Waals surface area (Å²) in [6.45, 7) is 1.96. The predicted molar refractivity (Wildman–Crippen MR) is 75.8 cm³/mol. The maximum Gasteiger partial charge on any atom is 0.166 e. The Morgan fingerprint density at radius 3 is 2.80 bits per heavy atom. The topological polar surface area (TPSA) is 94.5 Å². The van der Waals surface area contributed by atoms with Gasteiger partial charge in [0, 0.05) is 18.6 Å². The van der Waals surface area contributed by atoms with Crippen molar-refractivity contribution in [2.75, 3.05) is 11.1 Å². The van der Waals surface area contributed by atoms with Gasteiger partial charge in [-0.15, -0.1) is 0 Å². The van der Waals surface area contributed by atoms with Crippen LogP contribution in [-0.4, -0.2) is 24.5 Å². The number of anilines is 3. The lowest BCUT2D eigenvalue weighted by molar-refractivity contribution is 0.976. The fourth-order valence-electron chi connectivity index (χ4n) is 1.80. The Labute approximate surface area is 115 Å². The van der Waals surface area contributed by atoms with Crippen LogP contribution < -0.4 is 11.1 Å². The molecule has 0 amide bonds. The van der Waals surface area contributed by atoms with Crippen molar-refractivity contribution in [3.8, 4) is 5.82 Å². The predicted octanol–water partition coefficient (Wildman–Crippen LogP) is 1.69. The van der Waals surface area contributed by atoms with E-state index in [0.29, 0.717) is 17.3 Å². The summed E-state index contributed by atoms with van der Waals surface area (Å²) in [5.41, 5.74) is 7.56. The van der Waals surface area contributed by atoms with E-state index in [9.17, 15) is 0 Å². The maximum absolute atomic E-state index is 6.11. The molecular formula is C13H13N7. The monoisotopic (exact) mass is 267 g/mol. The van der Waals surface area contributed by atoms with Gasteiger partial charge in [-0.25, -0.2) is 19.9 Å². The van der Waals surface area contributed by atoms with Crippen molar-refractivity contribution in [1.82, 2.24) is 24.5 Å². The molecule has 0 fully saturated rings.